The number of amides is 1. The maximum atomic E-state index is 12.8. The summed E-state index contributed by atoms with van der Waals surface area (Å²) in [4.78, 5) is 11.8. The van der Waals surface area contributed by atoms with E-state index in [0.29, 0.717) is 23.0 Å². The Balaban J connectivity index is 1.64. The van der Waals surface area contributed by atoms with Crippen molar-refractivity contribution in [3.05, 3.63) is 69.5 Å². The molecule has 1 N–H and O–H groups in total. The second-order valence-corrected chi connectivity index (χ2v) is 6.87. The van der Waals surface area contributed by atoms with Crippen molar-refractivity contribution in [3.8, 4) is 0 Å². The lowest BCUT2D eigenvalue weighted by molar-refractivity contribution is -0.120. The van der Waals surface area contributed by atoms with Crippen LogP contribution in [0.5, 0.6) is 0 Å². The molecule has 0 aromatic heterocycles. The van der Waals surface area contributed by atoms with E-state index in [9.17, 15) is 9.18 Å². The Morgan fingerprint density at radius 2 is 1.74 bits per heavy atom. The maximum absolute atomic E-state index is 12.8. The lowest BCUT2D eigenvalue weighted by Gasteiger charge is -2.06. The van der Waals surface area contributed by atoms with E-state index < -0.39 is 0 Å². The highest BCUT2D eigenvalue weighted by atomic mass is 35.5. The predicted molar refractivity (Wildman–Crippen MR) is 95.5 cm³/mol. The molecule has 1 amide bonds. The number of halogens is 3. The van der Waals surface area contributed by atoms with Crippen LogP contribution in [0.4, 0.5) is 4.39 Å². The highest BCUT2D eigenvalue weighted by Crippen LogP contribution is 2.24. The molecule has 2 rings (SSSR count). The van der Waals surface area contributed by atoms with Crippen molar-refractivity contribution < 1.29 is 9.18 Å². The van der Waals surface area contributed by atoms with Gasteiger partial charge in [-0.15, -0.1) is 0 Å². The van der Waals surface area contributed by atoms with Gasteiger partial charge in [-0.1, -0.05) is 41.4 Å². The molecule has 0 unspecified atom stereocenters. The molecule has 0 spiro atoms. The van der Waals surface area contributed by atoms with E-state index in [0.717, 1.165) is 22.6 Å². The lowest BCUT2D eigenvalue weighted by atomic mass is 10.2. The van der Waals surface area contributed by atoms with Gasteiger partial charge in [-0.2, -0.15) is 11.8 Å². The minimum atomic E-state index is -0.279. The van der Waals surface area contributed by atoms with E-state index in [1.165, 1.54) is 12.1 Å². The highest BCUT2D eigenvalue weighted by Gasteiger charge is 2.03. The van der Waals surface area contributed by atoms with Gasteiger partial charge in [0.2, 0.25) is 5.91 Å². The van der Waals surface area contributed by atoms with E-state index in [1.807, 2.05) is 12.1 Å². The van der Waals surface area contributed by atoms with Crippen molar-refractivity contribution in [1.82, 2.24) is 5.32 Å². The first kappa shape index (κ1) is 18.1. The van der Waals surface area contributed by atoms with Crippen LogP contribution in [-0.2, 0) is 17.1 Å². The molecule has 0 atom stereocenters. The summed E-state index contributed by atoms with van der Waals surface area (Å²) in [6.07, 6.45) is 0.438. The Bertz CT molecular complexity index is 664. The summed E-state index contributed by atoms with van der Waals surface area (Å²) < 4.78 is 12.8. The minimum Gasteiger partial charge on any atom is -0.352 e. The zero-order valence-corrected chi connectivity index (χ0v) is 14.6. The second kappa shape index (κ2) is 9.16. The molecular weight excluding hydrogens is 356 g/mol. The molecule has 0 aliphatic rings. The second-order valence-electron chi connectivity index (χ2n) is 4.95. The Kier molecular flexibility index (Phi) is 7.21. The Hall–Kier alpha value is -1.23. The van der Waals surface area contributed by atoms with Gasteiger partial charge in [0.15, 0.2) is 0 Å². The highest BCUT2D eigenvalue weighted by molar-refractivity contribution is 7.98. The molecule has 122 valence electrons. The van der Waals surface area contributed by atoms with Crippen molar-refractivity contribution in [2.45, 2.75) is 18.7 Å². The first-order valence-corrected chi connectivity index (χ1v) is 8.98. The zero-order chi connectivity index (χ0) is 16.7. The Morgan fingerprint density at radius 1 is 1.04 bits per heavy atom. The Morgan fingerprint density at radius 3 is 2.43 bits per heavy atom. The average molecular weight is 372 g/mol. The van der Waals surface area contributed by atoms with Crippen LogP contribution in [0.2, 0.25) is 10.0 Å². The normalized spacial score (nSPS) is 10.6. The largest absolute Gasteiger partial charge is 0.352 e. The van der Waals surface area contributed by atoms with Crippen LogP contribution in [0.15, 0.2) is 42.5 Å². The first-order valence-electron chi connectivity index (χ1n) is 7.07. The zero-order valence-electron chi connectivity index (χ0n) is 12.3. The van der Waals surface area contributed by atoms with Crippen molar-refractivity contribution in [1.29, 1.82) is 0 Å². The molecule has 0 bridgehead atoms. The molecule has 0 radical (unpaired) electrons. The standard InChI is InChI=1S/C17H16Cl2FNOS/c18-15-6-3-13(9-16(15)19)11-23-8-7-17(22)21-10-12-1-4-14(20)5-2-12/h1-6,9H,7-8,10-11H2,(H,21,22). The van der Waals surface area contributed by atoms with E-state index in [-0.39, 0.29) is 11.7 Å². The van der Waals surface area contributed by atoms with Crippen molar-refractivity contribution in [3.63, 3.8) is 0 Å². The smallest absolute Gasteiger partial charge is 0.221 e. The monoisotopic (exact) mass is 371 g/mol. The van der Waals surface area contributed by atoms with Gasteiger partial charge >= 0.3 is 0 Å². The molecule has 0 saturated heterocycles. The molecule has 23 heavy (non-hydrogen) atoms. The fourth-order valence-corrected chi connectivity index (χ4v) is 3.09. The van der Waals surface area contributed by atoms with Crippen molar-refractivity contribution >= 4 is 40.9 Å². The number of carbonyl (C=O) groups is 1. The maximum Gasteiger partial charge on any atom is 0.221 e. The minimum absolute atomic E-state index is 0.0176. The number of rotatable bonds is 7. The first-order chi connectivity index (χ1) is 11.0. The summed E-state index contributed by atoms with van der Waals surface area (Å²) >= 11 is 13.5. The quantitative estimate of drug-likeness (QED) is 0.688. The van der Waals surface area contributed by atoms with Crippen LogP contribution in [0, 0.1) is 5.82 Å². The number of benzene rings is 2. The number of hydrogen-bond acceptors (Lipinski definition) is 2. The summed E-state index contributed by atoms with van der Waals surface area (Å²) in [6, 6.07) is 11.6. The average Bonchev–Trinajstić information content (AvgIpc) is 2.54. The SMILES string of the molecule is O=C(CCSCc1ccc(Cl)c(Cl)c1)NCc1ccc(F)cc1. The molecule has 0 aliphatic heterocycles. The number of nitrogens with one attached hydrogen (secondary N) is 1. The third-order valence-corrected chi connectivity index (χ3v) is 4.90. The van der Waals surface area contributed by atoms with Crippen molar-refractivity contribution in [2.75, 3.05) is 5.75 Å². The molecule has 0 fully saturated rings. The van der Waals surface area contributed by atoms with Crippen LogP contribution >= 0.6 is 35.0 Å². The molecule has 0 saturated carbocycles. The topological polar surface area (TPSA) is 29.1 Å². The van der Waals surface area contributed by atoms with Gasteiger partial charge < -0.3 is 5.32 Å². The molecule has 6 heteroatoms. The van der Waals surface area contributed by atoms with Gasteiger partial charge in [-0.25, -0.2) is 4.39 Å². The van der Waals surface area contributed by atoms with E-state index in [1.54, 1.807) is 30.0 Å². The van der Waals surface area contributed by atoms with Gasteiger partial charge in [0.25, 0.3) is 0 Å². The van der Waals surface area contributed by atoms with E-state index >= 15 is 0 Å². The fraction of sp³-hybridized carbons (Fsp3) is 0.235. The van der Waals surface area contributed by atoms with Gasteiger partial charge in [-0.3, -0.25) is 4.79 Å². The molecule has 2 aromatic rings. The predicted octanol–water partition coefficient (Wildman–Crippen LogP) is 5.07. The van der Waals surface area contributed by atoms with Crippen LogP contribution in [0.1, 0.15) is 17.5 Å². The van der Waals surface area contributed by atoms with Crippen LogP contribution in [0.25, 0.3) is 0 Å². The number of carbonyl (C=O) groups excluding carboxylic acids is 1. The summed E-state index contributed by atoms with van der Waals surface area (Å²) in [6.45, 7) is 0.413. The van der Waals surface area contributed by atoms with Crippen molar-refractivity contribution in [2.24, 2.45) is 0 Å². The van der Waals surface area contributed by atoms with Gasteiger partial charge in [0, 0.05) is 24.5 Å². The third-order valence-electron chi connectivity index (χ3n) is 3.13. The number of hydrogen-bond donors (Lipinski definition) is 1. The van der Waals surface area contributed by atoms with E-state index in [2.05, 4.69) is 5.32 Å². The van der Waals surface area contributed by atoms with E-state index in [4.69, 9.17) is 23.2 Å². The summed E-state index contributed by atoms with van der Waals surface area (Å²) in [7, 11) is 0. The summed E-state index contributed by atoms with van der Waals surface area (Å²) in [5.74, 6) is 1.20. The van der Waals surface area contributed by atoms with Gasteiger partial charge in [-0.05, 0) is 35.4 Å². The lowest BCUT2D eigenvalue weighted by Crippen LogP contribution is -2.23. The Labute approximate surface area is 149 Å². The molecule has 2 nitrogen and oxygen atoms in total. The van der Waals surface area contributed by atoms with Crippen LogP contribution in [0.3, 0.4) is 0 Å². The summed E-state index contributed by atoms with van der Waals surface area (Å²) in [5.41, 5.74) is 1.96. The third kappa shape index (κ3) is 6.42. The summed E-state index contributed by atoms with van der Waals surface area (Å²) in [5, 5.41) is 3.91. The molecular formula is C17H16Cl2FNOS. The van der Waals surface area contributed by atoms with Crippen LogP contribution < -0.4 is 5.32 Å². The number of thioether (sulfide) groups is 1. The molecule has 0 aliphatic carbocycles. The van der Waals surface area contributed by atoms with Gasteiger partial charge in [0.1, 0.15) is 5.82 Å². The van der Waals surface area contributed by atoms with Crippen LogP contribution in [-0.4, -0.2) is 11.7 Å². The fourth-order valence-electron chi connectivity index (χ4n) is 1.88. The molecule has 0 heterocycles. The molecule has 2 aromatic carbocycles. The van der Waals surface area contributed by atoms with Gasteiger partial charge in [0.05, 0.1) is 10.0 Å².